The Morgan fingerprint density at radius 1 is 1.19 bits per heavy atom. The summed E-state index contributed by atoms with van der Waals surface area (Å²) in [6.45, 7) is 0.0468. The summed E-state index contributed by atoms with van der Waals surface area (Å²) in [5.74, 6) is -0.569. The standard InChI is InChI=1S/C18H19N3O5S/c1-26-15-8-7-14(21-17(22)5-2-6-18(21)23)10-16(15)27(24,25)20-12-13-4-3-9-19-11-13/h3-4,7-11,20H,2,5-6,12H2,1H3. The van der Waals surface area contributed by atoms with E-state index in [1.165, 1.54) is 25.3 Å². The number of aromatic nitrogens is 1. The van der Waals surface area contributed by atoms with Crippen molar-refractivity contribution in [2.45, 2.75) is 30.7 Å². The van der Waals surface area contributed by atoms with Crippen molar-refractivity contribution in [3.8, 4) is 5.75 Å². The second kappa shape index (κ2) is 7.85. The lowest BCUT2D eigenvalue weighted by molar-refractivity contribution is -0.129. The molecule has 8 nitrogen and oxygen atoms in total. The fourth-order valence-corrected chi connectivity index (χ4v) is 4.02. The number of ether oxygens (including phenoxy) is 1. The van der Waals surface area contributed by atoms with Gasteiger partial charge in [-0.25, -0.2) is 13.1 Å². The van der Waals surface area contributed by atoms with E-state index in [1.807, 2.05) is 0 Å². The van der Waals surface area contributed by atoms with Crippen LogP contribution in [0, 0.1) is 0 Å². The summed E-state index contributed by atoms with van der Waals surface area (Å²) in [6, 6.07) is 7.67. The molecule has 9 heteroatoms. The minimum atomic E-state index is -3.95. The van der Waals surface area contributed by atoms with Crippen LogP contribution in [0.5, 0.6) is 5.75 Å². The normalized spacial score (nSPS) is 15.1. The predicted molar refractivity (Wildman–Crippen MR) is 97.6 cm³/mol. The lowest BCUT2D eigenvalue weighted by Crippen LogP contribution is -2.40. The number of anilines is 1. The molecule has 1 aromatic carbocycles. The van der Waals surface area contributed by atoms with Gasteiger partial charge in [-0.2, -0.15) is 0 Å². The highest BCUT2D eigenvalue weighted by atomic mass is 32.2. The number of methoxy groups -OCH3 is 1. The third-order valence-electron chi connectivity index (χ3n) is 4.16. The lowest BCUT2D eigenvalue weighted by Gasteiger charge is -2.25. The van der Waals surface area contributed by atoms with Gasteiger partial charge >= 0.3 is 0 Å². The number of rotatable bonds is 6. The van der Waals surface area contributed by atoms with Crippen LogP contribution in [0.15, 0.2) is 47.6 Å². The molecule has 1 aliphatic rings. The van der Waals surface area contributed by atoms with E-state index in [0.717, 1.165) is 4.90 Å². The van der Waals surface area contributed by atoms with Gasteiger partial charge in [0.1, 0.15) is 10.6 Å². The first-order valence-corrected chi connectivity index (χ1v) is 9.83. The largest absolute Gasteiger partial charge is 0.495 e. The Morgan fingerprint density at radius 3 is 2.56 bits per heavy atom. The van der Waals surface area contributed by atoms with Crippen molar-refractivity contribution in [3.63, 3.8) is 0 Å². The third-order valence-corrected chi connectivity index (χ3v) is 5.59. The summed E-state index contributed by atoms with van der Waals surface area (Å²) in [4.78, 5) is 29.1. The monoisotopic (exact) mass is 389 g/mol. The lowest BCUT2D eigenvalue weighted by atomic mass is 10.1. The van der Waals surface area contributed by atoms with Gasteiger partial charge in [-0.15, -0.1) is 0 Å². The number of hydrogen-bond donors (Lipinski definition) is 1. The molecule has 1 N–H and O–H groups in total. The van der Waals surface area contributed by atoms with Crippen LogP contribution in [0.25, 0.3) is 0 Å². The van der Waals surface area contributed by atoms with Gasteiger partial charge in [-0.1, -0.05) is 6.07 Å². The molecule has 2 amide bonds. The number of pyridine rings is 1. The van der Waals surface area contributed by atoms with E-state index in [-0.39, 0.29) is 47.5 Å². The highest BCUT2D eigenvalue weighted by molar-refractivity contribution is 7.89. The van der Waals surface area contributed by atoms with Gasteiger partial charge in [-0.3, -0.25) is 19.5 Å². The predicted octanol–water partition coefficient (Wildman–Crippen LogP) is 1.61. The highest BCUT2D eigenvalue weighted by Gasteiger charge is 2.29. The zero-order valence-corrected chi connectivity index (χ0v) is 15.5. The minimum absolute atomic E-state index is 0.0468. The summed E-state index contributed by atoms with van der Waals surface area (Å²) in [5, 5.41) is 0. The van der Waals surface area contributed by atoms with E-state index in [1.54, 1.807) is 24.5 Å². The van der Waals surface area contributed by atoms with Crippen LogP contribution < -0.4 is 14.4 Å². The van der Waals surface area contributed by atoms with Crippen LogP contribution in [0.4, 0.5) is 5.69 Å². The van der Waals surface area contributed by atoms with E-state index >= 15 is 0 Å². The van der Waals surface area contributed by atoms with E-state index in [0.29, 0.717) is 12.0 Å². The molecule has 0 saturated carbocycles. The number of carbonyl (C=O) groups is 2. The first-order valence-electron chi connectivity index (χ1n) is 8.35. The molecule has 1 saturated heterocycles. The quantitative estimate of drug-likeness (QED) is 0.753. The highest BCUT2D eigenvalue weighted by Crippen LogP contribution is 2.31. The molecule has 0 radical (unpaired) electrons. The molecular formula is C18H19N3O5S. The molecule has 142 valence electrons. The van der Waals surface area contributed by atoms with Crippen LogP contribution >= 0.6 is 0 Å². The van der Waals surface area contributed by atoms with E-state index < -0.39 is 10.0 Å². The molecule has 1 aliphatic heterocycles. The maximum absolute atomic E-state index is 12.8. The SMILES string of the molecule is COc1ccc(N2C(=O)CCCC2=O)cc1S(=O)(=O)NCc1cccnc1. The number of nitrogens with zero attached hydrogens (tertiary/aromatic N) is 2. The van der Waals surface area contributed by atoms with Crippen molar-refractivity contribution >= 4 is 27.5 Å². The molecule has 0 bridgehead atoms. The third kappa shape index (κ3) is 4.15. The summed E-state index contributed by atoms with van der Waals surface area (Å²) in [7, 11) is -2.60. The molecule has 0 unspecified atom stereocenters. The number of benzene rings is 1. The van der Waals surface area contributed by atoms with Crippen LogP contribution in [0.1, 0.15) is 24.8 Å². The van der Waals surface area contributed by atoms with Crippen molar-refractivity contribution in [3.05, 3.63) is 48.3 Å². The van der Waals surface area contributed by atoms with Crippen molar-refractivity contribution in [1.29, 1.82) is 0 Å². The Labute approximate surface area is 157 Å². The van der Waals surface area contributed by atoms with Crippen LogP contribution in [-0.2, 0) is 26.2 Å². The Bertz CT molecular complexity index is 944. The van der Waals surface area contributed by atoms with Gasteiger partial charge in [0.2, 0.25) is 21.8 Å². The number of nitrogens with one attached hydrogen (secondary N) is 1. The van der Waals surface area contributed by atoms with Gasteiger partial charge in [0.25, 0.3) is 0 Å². The van der Waals surface area contributed by atoms with Crippen molar-refractivity contribution in [1.82, 2.24) is 9.71 Å². The van der Waals surface area contributed by atoms with Crippen molar-refractivity contribution in [2.24, 2.45) is 0 Å². The van der Waals surface area contributed by atoms with Gasteiger partial charge in [0.15, 0.2) is 0 Å². The number of sulfonamides is 1. The summed E-state index contributed by atoms with van der Waals surface area (Å²) < 4.78 is 33.2. The van der Waals surface area contributed by atoms with Gasteiger partial charge in [-0.05, 0) is 36.2 Å². The first kappa shape index (κ1) is 19.0. The Hall–Kier alpha value is -2.78. The average Bonchev–Trinajstić information content (AvgIpc) is 2.67. The van der Waals surface area contributed by atoms with Gasteiger partial charge in [0, 0.05) is 31.8 Å². The van der Waals surface area contributed by atoms with Gasteiger partial charge < -0.3 is 4.74 Å². The number of hydrogen-bond acceptors (Lipinski definition) is 6. The van der Waals surface area contributed by atoms with E-state index in [9.17, 15) is 18.0 Å². The fraction of sp³-hybridized carbons (Fsp3) is 0.278. The first-order chi connectivity index (χ1) is 12.9. The molecule has 3 rings (SSSR count). The molecule has 1 aromatic heterocycles. The zero-order chi connectivity index (χ0) is 19.4. The summed E-state index contributed by atoms with van der Waals surface area (Å²) in [5.41, 5.74) is 0.907. The Morgan fingerprint density at radius 2 is 1.93 bits per heavy atom. The summed E-state index contributed by atoms with van der Waals surface area (Å²) in [6.07, 6.45) is 4.15. The minimum Gasteiger partial charge on any atom is -0.495 e. The van der Waals surface area contributed by atoms with Crippen LogP contribution in [0.3, 0.4) is 0 Å². The van der Waals surface area contributed by atoms with Crippen molar-refractivity contribution < 1.29 is 22.7 Å². The smallest absolute Gasteiger partial charge is 0.244 e. The number of piperidine rings is 1. The number of amides is 2. The van der Waals surface area contributed by atoms with Crippen LogP contribution in [0.2, 0.25) is 0 Å². The van der Waals surface area contributed by atoms with Crippen molar-refractivity contribution in [2.75, 3.05) is 12.0 Å². The zero-order valence-electron chi connectivity index (χ0n) is 14.7. The van der Waals surface area contributed by atoms with E-state index in [2.05, 4.69) is 9.71 Å². The topological polar surface area (TPSA) is 106 Å². The average molecular weight is 389 g/mol. The maximum atomic E-state index is 12.8. The Balaban J connectivity index is 1.93. The molecular weight excluding hydrogens is 370 g/mol. The number of carbonyl (C=O) groups excluding carboxylic acids is 2. The Kier molecular flexibility index (Phi) is 5.52. The molecule has 27 heavy (non-hydrogen) atoms. The second-order valence-electron chi connectivity index (χ2n) is 6.00. The van der Waals surface area contributed by atoms with E-state index in [4.69, 9.17) is 4.74 Å². The second-order valence-corrected chi connectivity index (χ2v) is 7.73. The maximum Gasteiger partial charge on any atom is 0.244 e. The number of imide groups is 1. The molecule has 0 aliphatic carbocycles. The summed E-state index contributed by atoms with van der Waals surface area (Å²) >= 11 is 0. The van der Waals surface area contributed by atoms with Crippen LogP contribution in [-0.4, -0.2) is 32.3 Å². The van der Waals surface area contributed by atoms with Gasteiger partial charge in [0.05, 0.1) is 12.8 Å². The molecule has 1 fully saturated rings. The fourth-order valence-electron chi connectivity index (χ4n) is 2.81. The molecule has 2 aromatic rings. The molecule has 0 atom stereocenters. The molecule has 0 spiro atoms. The molecule has 2 heterocycles.